The molecule has 0 bridgehead atoms. The number of benzene rings is 3. The fourth-order valence-corrected chi connectivity index (χ4v) is 4.75. The third kappa shape index (κ3) is 3.56. The van der Waals surface area contributed by atoms with Crippen molar-refractivity contribution < 1.29 is 4.74 Å². The highest BCUT2D eigenvalue weighted by Gasteiger charge is 2.34. The van der Waals surface area contributed by atoms with E-state index in [1.807, 2.05) is 24.3 Å². The van der Waals surface area contributed by atoms with Crippen LogP contribution in [-0.4, -0.2) is 7.11 Å². The van der Waals surface area contributed by atoms with Gasteiger partial charge >= 0.3 is 0 Å². The summed E-state index contributed by atoms with van der Waals surface area (Å²) in [5.41, 5.74) is 9.45. The molecule has 2 aliphatic rings. The highest BCUT2D eigenvalue weighted by atomic mass is 16.5. The number of fused-ring (bicyclic) bond motifs is 1. The molecular weight excluding hydrogens is 352 g/mol. The van der Waals surface area contributed by atoms with Crippen molar-refractivity contribution >= 4 is 0 Å². The van der Waals surface area contributed by atoms with E-state index < -0.39 is 0 Å². The van der Waals surface area contributed by atoms with Gasteiger partial charge < -0.3 is 4.74 Å². The fourth-order valence-electron chi connectivity index (χ4n) is 4.75. The second-order valence-corrected chi connectivity index (χ2v) is 8.37. The summed E-state index contributed by atoms with van der Waals surface area (Å²) in [5.74, 6) is 8.84. The van der Waals surface area contributed by atoms with E-state index in [2.05, 4.69) is 55.2 Å². The number of methoxy groups -OCH3 is 1. The molecule has 144 valence electrons. The number of hydrogen-bond acceptors (Lipinski definition) is 1. The van der Waals surface area contributed by atoms with Crippen LogP contribution in [0.15, 0.2) is 60.7 Å². The van der Waals surface area contributed by atoms with Crippen LogP contribution in [0.2, 0.25) is 0 Å². The minimum atomic E-state index is 0.493. The Hall–Kier alpha value is -2.98. The third-order valence-corrected chi connectivity index (χ3v) is 6.42. The molecule has 1 fully saturated rings. The van der Waals surface area contributed by atoms with Gasteiger partial charge in [-0.3, -0.25) is 0 Å². The molecule has 1 unspecified atom stereocenters. The first-order valence-corrected chi connectivity index (χ1v) is 10.6. The Labute approximate surface area is 173 Å². The van der Waals surface area contributed by atoms with Crippen molar-refractivity contribution in [1.29, 1.82) is 0 Å². The second kappa shape index (κ2) is 7.45. The summed E-state index contributed by atoms with van der Waals surface area (Å²) < 4.78 is 5.25. The molecule has 0 radical (unpaired) electrons. The standard InChI is InChI=1S/C28H26O/c1-19-7-16-25-27(17-19)28(25)23-13-12-22(26(18-23)21-5-3-4-6-21)11-8-20-9-14-24(29-2)15-10-20/h7,9-10,12-18,21,28H,3-6H2,1-2H3. The molecule has 1 nitrogen and oxygen atoms in total. The van der Waals surface area contributed by atoms with Gasteiger partial charge in [0.1, 0.15) is 5.75 Å². The molecule has 0 N–H and O–H groups in total. The van der Waals surface area contributed by atoms with Crippen molar-refractivity contribution in [2.75, 3.05) is 7.11 Å². The first-order valence-electron chi connectivity index (χ1n) is 10.6. The van der Waals surface area contributed by atoms with E-state index in [1.165, 1.54) is 59.1 Å². The van der Waals surface area contributed by atoms with Crippen LogP contribution in [0, 0.1) is 18.8 Å². The minimum absolute atomic E-state index is 0.493. The highest BCUT2D eigenvalue weighted by Crippen LogP contribution is 2.49. The van der Waals surface area contributed by atoms with Crippen LogP contribution >= 0.6 is 0 Å². The molecule has 1 saturated carbocycles. The normalized spacial score (nSPS) is 17.4. The van der Waals surface area contributed by atoms with E-state index in [4.69, 9.17) is 4.74 Å². The van der Waals surface area contributed by atoms with E-state index in [9.17, 15) is 0 Å². The molecule has 1 atom stereocenters. The van der Waals surface area contributed by atoms with Crippen LogP contribution < -0.4 is 4.74 Å². The Morgan fingerprint density at radius 3 is 2.31 bits per heavy atom. The molecule has 0 saturated heterocycles. The van der Waals surface area contributed by atoms with Gasteiger partial charge in [-0.25, -0.2) is 0 Å². The average Bonchev–Trinajstić information content (AvgIpc) is 3.19. The molecule has 3 aromatic rings. The highest BCUT2D eigenvalue weighted by molar-refractivity contribution is 5.62. The van der Waals surface area contributed by atoms with Crippen LogP contribution in [0.25, 0.3) is 0 Å². The zero-order valence-electron chi connectivity index (χ0n) is 17.2. The molecular formula is C28H26O. The second-order valence-electron chi connectivity index (χ2n) is 8.37. The van der Waals surface area contributed by atoms with E-state index in [-0.39, 0.29) is 0 Å². The van der Waals surface area contributed by atoms with Crippen molar-refractivity contribution in [3.63, 3.8) is 0 Å². The lowest BCUT2D eigenvalue weighted by Gasteiger charge is -2.14. The van der Waals surface area contributed by atoms with Crippen molar-refractivity contribution in [1.82, 2.24) is 0 Å². The first kappa shape index (κ1) is 18.1. The Balaban J connectivity index is 1.48. The average molecular weight is 379 g/mol. The molecule has 0 heterocycles. The molecule has 3 aromatic carbocycles. The lowest BCUT2D eigenvalue weighted by Crippen LogP contribution is -1.98. The smallest absolute Gasteiger partial charge is 0.118 e. The van der Waals surface area contributed by atoms with Crippen molar-refractivity contribution in [2.45, 2.75) is 44.4 Å². The maximum absolute atomic E-state index is 5.25. The van der Waals surface area contributed by atoms with Gasteiger partial charge in [0.05, 0.1) is 7.11 Å². The predicted octanol–water partition coefficient (Wildman–Crippen LogP) is 6.55. The lowest BCUT2D eigenvalue weighted by molar-refractivity contribution is 0.415. The molecule has 2 aliphatic carbocycles. The number of hydrogen-bond donors (Lipinski definition) is 0. The zero-order chi connectivity index (χ0) is 19.8. The van der Waals surface area contributed by atoms with Crippen LogP contribution in [0.1, 0.15) is 76.5 Å². The van der Waals surface area contributed by atoms with E-state index in [0.29, 0.717) is 11.8 Å². The third-order valence-electron chi connectivity index (χ3n) is 6.42. The molecule has 0 aromatic heterocycles. The lowest BCUT2D eigenvalue weighted by atomic mass is 9.90. The van der Waals surface area contributed by atoms with E-state index in [1.54, 1.807) is 7.11 Å². The van der Waals surface area contributed by atoms with Gasteiger partial charge in [0.2, 0.25) is 0 Å². The summed E-state index contributed by atoms with van der Waals surface area (Å²) in [6.45, 7) is 2.18. The molecule has 0 aliphatic heterocycles. The molecule has 0 amide bonds. The fraction of sp³-hybridized carbons (Fsp3) is 0.286. The monoisotopic (exact) mass is 378 g/mol. The van der Waals surface area contributed by atoms with Crippen LogP contribution in [-0.2, 0) is 0 Å². The summed E-state index contributed by atoms with van der Waals surface area (Å²) >= 11 is 0. The SMILES string of the molecule is COc1ccc(C#Cc2ccc(C3c4ccc(C)cc43)cc2C2CCCC2)cc1. The van der Waals surface area contributed by atoms with Gasteiger partial charge in [0.25, 0.3) is 0 Å². The first-order chi connectivity index (χ1) is 14.2. The van der Waals surface area contributed by atoms with E-state index in [0.717, 1.165) is 11.3 Å². The van der Waals surface area contributed by atoms with Crippen LogP contribution in [0.3, 0.4) is 0 Å². The number of ether oxygens (including phenoxy) is 1. The Morgan fingerprint density at radius 2 is 1.59 bits per heavy atom. The zero-order valence-corrected chi connectivity index (χ0v) is 17.2. The molecule has 0 spiro atoms. The summed E-state index contributed by atoms with van der Waals surface area (Å²) in [4.78, 5) is 0. The van der Waals surface area contributed by atoms with Crippen LogP contribution in [0.5, 0.6) is 5.75 Å². The van der Waals surface area contributed by atoms with Gasteiger partial charge in [-0.1, -0.05) is 60.6 Å². The molecule has 1 heteroatoms. The van der Waals surface area contributed by atoms with Crippen molar-refractivity contribution in [2.24, 2.45) is 0 Å². The van der Waals surface area contributed by atoms with Gasteiger partial charge in [0.15, 0.2) is 0 Å². The summed E-state index contributed by atoms with van der Waals surface area (Å²) in [5, 5.41) is 0. The maximum atomic E-state index is 5.25. The van der Waals surface area contributed by atoms with Crippen LogP contribution in [0.4, 0.5) is 0 Å². The van der Waals surface area contributed by atoms with Gasteiger partial charge in [-0.05, 0) is 78.3 Å². The Kier molecular flexibility index (Phi) is 4.64. The summed E-state index contributed by atoms with van der Waals surface area (Å²) in [7, 11) is 1.69. The predicted molar refractivity (Wildman–Crippen MR) is 119 cm³/mol. The van der Waals surface area contributed by atoms with E-state index >= 15 is 0 Å². The maximum Gasteiger partial charge on any atom is 0.118 e. The largest absolute Gasteiger partial charge is 0.497 e. The summed E-state index contributed by atoms with van der Waals surface area (Å²) in [6, 6.07) is 21.8. The van der Waals surface area contributed by atoms with Gasteiger partial charge in [0, 0.05) is 17.0 Å². The number of rotatable bonds is 3. The molecule has 5 rings (SSSR count). The molecule has 29 heavy (non-hydrogen) atoms. The number of aryl methyl sites for hydroxylation is 1. The quantitative estimate of drug-likeness (QED) is 0.367. The minimum Gasteiger partial charge on any atom is -0.497 e. The van der Waals surface area contributed by atoms with Gasteiger partial charge in [-0.2, -0.15) is 0 Å². The topological polar surface area (TPSA) is 9.23 Å². The van der Waals surface area contributed by atoms with Crippen molar-refractivity contribution in [3.8, 4) is 17.6 Å². The Morgan fingerprint density at radius 1 is 0.793 bits per heavy atom. The van der Waals surface area contributed by atoms with Crippen molar-refractivity contribution in [3.05, 3.63) is 99.6 Å². The summed E-state index contributed by atoms with van der Waals surface area (Å²) in [6.07, 6.45) is 5.25. The van der Waals surface area contributed by atoms with Gasteiger partial charge in [-0.15, -0.1) is 0 Å². The Bertz CT molecular complexity index is 1110.